The van der Waals surface area contributed by atoms with Crippen LogP contribution in [0.25, 0.3) is 0 Å². The monoisotopic (exact) mass is 419 g/mol. The molecule has 3 aromatic rings. The maximum atomic E-state index is 14.0. The molecule has 0 saturated heterocycles. The third kappa shape index (κ3) is 3.87. The molecular weight excluding hydrogens is 398 g/mol. The number of amides is 1. The third-order valence-electron chi connectivity index (χ3n) is 5.19. The highest BCUT2D eigenvalue weighted by Gasteiger charge is 2.35. The molecule has 28 heavy (non-hydrogen) atoms. The molecule has 3 heterocycles. The summed E-state index contributed by atoms with van der Waals surface area (Å²) >= 11 is 3.48. The van der Waals surface area contributed by atoms with Crippen molar-refractivity contribution < 1.29 is 18.5 Å². The lowest BCUT2D eigenvalue weighted by Crippen LogP contribution is -3.14. The number of nitrogens with one attached hydrogen (secondary N) is 2. The second-order valence-corrected chi connectivity index (χ2v) is 9.02. The molecule has 2 N–H and O–H groups in total. The Balaban J connectivity index is 1.49. The van der Waals surface area contributed by atoms with Gasteiger partial charge in [-0.15, -0.1) is 22.7 Å². The molecule has 7 heteroatoms. The van der Waals surface area contributed by atoms with Crippen molar-refractivity contribution in [3.8, 4) is 0 Å². The summed E-state index contributed by atoms with van der Waals surface area (Å²) in [5.41, 5.74) is 1.59. The average Bonchev–Trinajstić information content (AvgIpc) is 3.33. The largest absolute Gasteiger partial charge is 0.345 e. The second kappa shape index (κ2) is 8.11. The van der Waals surface area contributed by atoms with Gasteiger partial charge >= 0.3 is 0 Å². The van der Waals surface area contributed by atoms with Crippen molar-refractivity contribution in [3.05, 3.63) is 79.7 Å². The summed E-state index contributed by atoms with van der Waals surface area (Å²) in [7, 11) is 0. The summed E-state index contributed by atoms with van der Waals surface area (Å²) in [5, 5.41) is 7.05. The van der Waals surface area contributed by atoms with Crippen LogP contribution in [0.2, 0.25) is 0 Å². The third-order valence-corrected chi connectivity index (χ3v) is 7.13. The summed E-state index contributed by atoms with van der Waals surface area (Å²) in [6.07, 6.45) is 0.958. The maximum absolute atomic E-state index is 14.0. The molecule has 1 aliphatic heterocycles. The van der Waals surface area contributed by atoms with Crippen molar-refractivity contribution in [1.29, 1.82) is 0 Å². The number of halogens is 2. The number of carbonyl (C=O) groups is 1. The normalized spacial score (nSPS) is 19.8. The number of quaternary nitrogens is 1. The Kier molecular flexibility index (Phi) is 5.57. The number of hydrogen-bond donors (Lipinski definition) is 2. The van der Waals surface area contributed by atoms with Crippen LogP contribution in [0.5, 0.6) is 0 Å². The quantitative estimate of drug-likeness (QED) is 0.652. The van der Waals surface area contributed by atoms with Crippen molar-refractivity contribution >= 4 is 28.6 Å². The van der Waals surface area contributed by atoms with Gasteiger partial charge in [0.15, 0.2) is 6.54 Å². The Bertz CT molecular complexity index is 971. The number of thiophene rings is 2. The van der Waals surface area contributed by atoms with Crippen LogP contribution in [-0.4, -0.2) is 19.0 Å². The number of rotatable bonds is 5. The van der Waals surface area contributed by atoms with Gasteiger partial charge < -0.3 is 10.2 Å². The summed E-state index contributed by atoms with van der Waals surface area (Å²) in [6.45, 7) is 2.90. The van der Waals surface area contributed by atoms with Gasteiger partial charge in [0.05, 0.1) is 17.5 Å². The molecule has 0 bridgehead atoms. The predicted molar refractivity (Wildman–Crippen MR) is 108 cm³/mol. The van der Waals surface area contributed by atoms with Crippen molar-refractivity contribution in [3.63, 3.8) is 0 Å². The van der Waals surface area contributed by atoms with Gasteiger partial charge in [-0.05, 0) is 35.9 Å². The Morgan fingerprint density at radius 1 is 1.25 bits per heavy atom. The fourth-order valence-corrected chi connectivity index (χ4v) is 5.70. The summed E-state index contributed by atoms with van der Waals surface area (Å²) in [6, 6.07) is 9.40. The van der Waals surface area contributed by atoms with Crippen LogP contribution in [0.1, 0.15) is 39.9 Å². The van der Waals surface area contributed by atoms with Crippen molar-refractivity contribution in [2.24, 2.45) is 0 Å². The molecular formula is C21H21F2N2OS2+. The van der Waals surface area contributed by atoms with Gasteiger partial charge in [-0.2, -0.15) is 0 Å². The van der Waals surface area contributed by atoms with Crippen molar-refractivity contribution in [2.45, 2.75) is 25.4 Å². The molecule has 1 aliphatic rings. The molecule has 0 saturated carbocycles. The highest BCUT2D eigenvalue weighted by atomic mass is 32.1. The molecule has 1 amide bonds. The first-order chi connectivity index (χ1) is 13.5. The zero-order valence-electron chi connectivity index (χ0n) is 15.4. The number of hydrogen-bond acceptors (Lipinski definition) is 3. The van der Waals surface area contributed by atoms with Gasteiger partial charge in [0.25, 0.3) is 5.91 Å². The van der Waals surface area contributed by atoms with Gasteiger partial charge in [-0.3, -0.25) is 4.79 Å². The fraction of sp³-hybridized carbons (Fsp3) is 0.286. The smallest absolute Gasteiger partial charge is 0.275 e. The minimum absolute atomic E-state index is 0.133. The molecule has 3 nitrogen and oxygen atoms in total. The molecule has 0 fully saturated rings. The highest BCUT2D eigenvalue weighted by molar-refractivity contribution is 7.10. The van der Waals surface area contributed by atoms with Gasteiger partial charge in [-0.25, -0.2) is 8.78 Å². The van der Waals surface area contributed by atoms with Crippen LogP contribution >= 0.6 is 22.7 Å². The van der Waals surface area contributed by atoms with E-state index in [0.29, 0.717) is 12.1 Å². The molecule has 146 valence electrons. The maximum Gasteiger partial charge on any atom is 0.275 e. The lowest BCUT2D eigenvalue weighted by Gasteiger charge is -2.32. The minimum atomic E-state index is -0.641. The van der Waals surface area contributed by atoms with Crippen LogP contribution in [0.3, 0.4) is 0 Å². The second-order valence-electron chi connectivity index (χ2n) is 7.04. The first-order valence-corrected chi connectivity index (χ1v) is 11.0. The lowest BCUT2D eigenvalue weighted by atomic mass is 9.98. The van der Waals surface area contributed by atoms with E-state index in [4.69, 9.17) is 0 Å². The molecule has 1 aromatic carbocycles. The molecule has 1 unspecified atom stereocenters. The van der Waals surface area contributed by atoms with Gasteiger partial charge in [-0.1, -0.05) is 12.1 Å². The van der Waals surface area contributed by atoms with E-state index >= 15 is 0 Å². The van der Waals surface area contributed by atoms with E-state index in [1.54, 1.807) is 29.6 Å². The molecule has 0 spiro atoms. The van der Waals surface area contributed by atoms with E-state index in [9.17, 15) is 13.6 Å². The lowest BCUT2D eigenvalue weighted by molar-refractivity contribution is -0.919. The first kappa shape index (κ1) is 19.2. The molecule has 3 atom stereocenters. The van der Waals surface area contributed by atoms with Gasteiger partial charge in [0, 0.05) is 28.5 Å². The highest BCUT2D eigenvalue weighted by Crippen LogP contribution is 2.31. The van der Waals surface area contributed by atoms with Crippen molar-refractivity contribution in [1.82, 2.24) is 5.32 Å². The molecule has 0 aliphatic carbocycles. The Morgan fingerprint density at radius 2 is 2.11 bits per heavy atom. The summed E-state index contributed by atoms with van der Waals surface area (Å²) < 4.78 is 27.1. The predicted octanol–water partition coefficient (Wildman–Crippen LogP) is 3.50. The standard InChI is InChI=1S/C21H20F2N2OS2/c1-13(15-5-4-14(22)11-17(15)23)24-20(26)12-25-8-6-18-16(7-10-28-18)21(25)19-3-2-9-27-19/h2-5,7,9-11,13,21H,6,8,12H2,1H3,(H,24,26)/p+1/t13-,21+/m0/s1. The first-order valence-electron chi connectivity index (χ1n) is 9.21. The number of fused-ring (bicyclic) bond motifs is 1. The fourth-order valence-electron chi connectivity index (χ4n) is 3.88. The van der Waals surface area contributed by atoms with E-state index < -0.39 is 17.7 Å². The molecule has 2 aromatic heterocycles. The summed E-state index contributed by atoms with van der Waals surface area (Å²) in [4.78, 5) is 16.6. The Morgan fingerprint density at radius 3 is 2.86 bits per heavy atom. The van der Waals surface area contributed by atoms with E-state index in [0.717, 1.165) is 19.0 Å². The van der Waals surface area contributed by atoms with Crippen LogP contribution in [0.15, 0.2) is 47.2 Å². The van der Waals surface area contributed by atoms with Crippen LogP contribution in [0, 0.1) is 11.6 Å². The zero-order chi connectivity index (χ0) is 19.7. The minimum Gasteiger partial charge on any atom is -0.345 e. The van der Waals surface area contributed by atoms with E-state index in [2.05, 4.69) is 28.2 Å². The average molecular weight is 420 g/mol. The topological polar surface area (TPSA) is 33.5 Å². The van der Waals surface area contributed by atoms with Crippen molar-refractivity contribution in [2.75, 3.05) is 13.1 Å². The van der Waals surface area contributed by atoms with E-state index in [1.807, 2.05) is 6.07 Å². The Hall–Kier alpha value is -2.09. The molecule has 0 radical (unpaired) electrons. The number of benzene rings is 1. The Labute approximate surface area is 170 Å². The van der Waals surface area contributed by atoms with Crippen LogP contribution in [-0.2, 0) is 11.2 Å². The van der Waals surface area contributed by atoms with Crippen LogP contribution < -0.4 is 10.2 Å². The van der Waals surface area contributed by atoms with E-state index in [-0.39, 0.29) is 11.9 Å². The van der Waals surface area contributed by atoms with Gasteiger partial charge in [0.1, 0.15) is 17.7 Å². The number of carbonyl (C=O) groups excluding carboxylic acids is 1. The SMILES string of the molecule is C[C@H](NC(=O)C[NH+]1CCc2sccc2[C@@H]1c1cccs1)c1ccc(F)cc1F. The van der Waals surface area contributed by atoms with Crippen LogP contribution in [0.4, 0.5) is 8.78 Å². The van der Waals surface area contributed by atoms with E-state index in [1.165, 1.54) is 32.4 Å². The summed E-state index contributed by atoms with van der Waals surface area (Å²) in [5.74, 6) is -1.40. The molecule has 4 rings (SSSR count). The zero-order valence-corrected chi connectivity index (χ0v) is 17.0. The van der Waals surface area contributed by atoms with Gasteiger partial charge in [0.2, 0.25) is 0 Å².